The van der Waals surface area contributed by atoms with E-state index < -0.39 is 0 Å². The summed E-state index contributed by atoms with van der Waals surface area (Å²) < 4.78 is 5.10. The van der Waals surface area contributed by atoms with Crippen LogP contribution >= 0.6 is 11.3 Å². The first-order valence-electron chi connectivity index (χ1n) is 14.9. The van der Waals surface area contributed by atoms with Crippen molar-refractivity contribution in [3.63, 3.8) is 0 Å². The summed E-state index contributed by atoms with van der Waals surface area (Å²) in [5.74, 6) is 0. The molecule has 0 fully saturated rings. The first kappa shape index (κ1) is 24.5. The van der Waals surface area contributed by atoms with Crippen molar-refractivity contribution >= 4 is 76.3 Å². The molecule has 9 rings (SSSR count). The van der Waals surface area contributed by atoms with Gasteiger partial charge in [0.2, 0.25) is 0 Å². The zero-order chi connectivity index (χ0) is 28.3. The highest BCUT2D eigenvalue weighted by atomic mass is 32.1. The Morgan fingerprint density at radius 3 is 2.19 bits per heavy atom. The molecule has 0 saturated carbocycles. The lowest BCUT2D eigenvalue weighted by Gasteiger charge is -2.26. The highest BCUT2D eigenvalue weighted by Gasteiger charge is 2.21. The average molecular weight is 569 g/mol. The van der Waals surface area contributed by atoms with Gasteiger partial charge in [-0.2, -0.15) is 0 Å². The molecule has 3 heteroatoms. The second-order valence-corrected chi connectivity index (χ2v) is 12.4. The molecule has 1 aliphatic carbocycles. The number of anilines is 3. The van der Waals surface area contributed by atoms with Crippen LogP contribution in [-0.4, -0.2) is 4.57 Å². The maximum Gasteiger partial charge on any atom is 0.0544 e. The molecule has 0 aliphatic heterocycles. The Bertz CT molecular complexity index is 2340. The average Bonchev–Trinajstić information content (AvgIpc) is 3.62. The molecule has 2 heterocycles. The summed E-state index contributed by atoms with van der Waals surface area (Å²) in [6.07, 6.45) is 6.79. The standard InChI is InChI=1S/C40H28N2S/c1-2-11-28(12-3-1)41(31-23-25-39-35(26-31)33-14-7-9-17-38(33)43-39)29-19-21-30(22-20-29)42-36-16-8-6-15-34(36)40-32-13-5-4-10-27(32)18-24-37(40)42/h1-5,7-14,16-26H,6,15H2. The molecule has 0 radical (unpaired) electrons. The van der Waals surface area contributed by atoms with Gasteiger partial charge < -0.3 is 9.47 Å². The Morgan fingerprint density at radius 1 is 0.581 bits per heavy atom. The monoisotopic (exact) mass is 568 g/mol. The van der Waals surface area contributed by atoms with E-state index in [0.29, 0.717) is 0 Å². The predicted molar refractivity (Wildman–Crippen MR) is 186 cm³/mol. The van der Waals surface area contributed by atoms with Gasteiger partial charge in [0.25, 0.3) is 0 Å². The number of fused-ring (bicyclic) bond motifs is 8. The number of para-hydroxylation sites is 1. The normalized spacial score (nSPS) is 12.8. The van der Waals surface area contributed by atoms with E-state index >= 15 is 0 Å². The van der Waals surface area contributed by atoms with Crippen LogP contribution in [0.2, 0.25) is 0 Å². The molecule has 6 aromatic carbocycles. The van der Waals surface area contributed by atoms with E-state index in [0.717, 1.165) is 29.9 Å². The quantitative estimate of drug-likeness (QED) is 0.205. The molecule has 2 nitrogen and oxygen atoms in total. The molecule has 0 saturated heterocycles. The maximum atomic E-state index is 2.45. The number of aryl methyl sites for hydroxylation is 1. The zero-order valence-electron chi connectivity index (χ0n) is 23.6. The summed E-state index contributed by atoms with van der Waals surface area (Å²) in [7, 11) is 0. The van der Waals surface area contributed by atoms with Crippen molar-refractivity contribution in [2.75, 3.05) is 4.90 Å². The van der Waals surface area contributed by atoms with Gasteiger partial charge in [-0.3, -0.25) is 0 Å². The molecule has 0 atom stereocenters. The van der Waals surface area contributed by atoms with Gasteiger partial charge in [-0.05, 0) is 102 Å². The van der Waals surface area contributed by atoms with E-state index in [2.05, 4.69) is 155 Å². The largest absolute Gasteiger partial charge is 0.310 e. The fourth-order valence-corrected chi connectivity index (χ4v) is 8.00. The highest BCUT2D eigenvalue weighted by molar-refractivity contribution is 7.25. The molecule has 2 aromatic heterocycles. The van der Waals surface area contributed by atoms with Crippen molar-refractivity contribution in [1.82, 2.24) is 4.57 Å². The van der Waals surface area contributed by atoms with Crippen molar-refractivity contribution in [3.8, 4) is 5.69 Å². The van der Waals surface area contributed by atoms with Crippen molar-refractivity contribution in [3.05, 3.63) is 151 Å². The van der Waals surface area contributed by atoms with Gasteiger partial charge in [0.1, 0.15) is 0 Å². The Hall–Kier alpha value is -5.12. The molecule has 204 valence electrons. The molecular weight excluding hydrogens is 541 g/mol. The molecule has 1 aliphatic rings. The van der Waals surface area contributed by atoms with E-state index in [-0.39, 0.29) is 0 Å². The molecule has 0 N–H and O–H groups in total. The minimum atomic E-state index is 1.07. The summed E-state index contributed by atoms with van der Waals surface area (Å²) in [6.45, 7) is 0. The van der Waals surface area contributed by atoms with Crippen LogP contribution in [0.5, 0.6) is 0 Å². The van der Waals surface area contributed by atoms with Crippen LogP contribution in [0.3, 0.4) is 0 Å². The second kappa shape index (κ2) is 9.72. The molecular formula is C40H28N2S. The highest BCUT2D eigenvalue weighted by Crippen LogP contribution is 2.42. The third kappa shape index (κ3) is 3.86. The summed E-state index contributed by atoms with van der Waals surface area (Å²) in [6, 6.07) is 48.7. The van der Waals surface area contributed by atoms with Gasteiger partial charge in [-0.25, -0.2) is 0 Å². The van der Waals surface area contributed by atoms with Gasteiger partial charge in [0.15, 0.2) is 0 Å². The summed E-state index contributed by atoms with van der Waals surface area (Å²) in [5.41, 5.74) is 8.67. The van der Waals surface area contributed by atoms with Gasteiger partial charge >= 0.3 is 0 Å². The first-order chi connectivity index (χ1) is 21.3. The van der Waals surface area contributed by atoms with Crippen molar-refractivity contribution in [2.45, 2.75) is 12.8 Å². The summed E-state index contributed by atoms with van der Waals surface area (Å²) in [4.78, 5) is 2.37. The van der Waals surface area contributed by atoms with Crippen LogP contribution in [0.15, 0.2) is 140 Å². The van der Waals surface area contributed by atoms with Crippen LogP contribution in [0.4, 0.5) is 17.1 Å². The topological polar surface area (TPSA) is 8.17 Å². The van der Waals surface area contributed by atoms with Gasteiger partial charge in [0, 0.05) is 54.0 Å². The van der Waals surface area contributed by atoms with Crippen molar-refractivity contribution in [2.24, 2.45) is 0 Å². The number of allylic oxidation sites excluding steroid dienone is 1. The minimum Gasteiger partial charge on any atom is -0.310 e. The number of rotatable bonds is 4. The predicted octanol–water partition coefficient (Wildman–Crippen LogP) is 11.6. The lowest BCUT2D eigenvalue weighted by atomic mass is 9.97. The molecule has 43 heavy (non-hydrogen) atoms. The lowest BCUT2D eigenvalue weighted by Crippen LogP contribution is -2.10. The SMILES string of the molecule is C1=Cc2c(c3c4ccccc4ccc3n2-c2ccc(N(c3ccccc3)c3ccc4sc5ccccc5c4c3)cc2)CC1. The first-order valence-corrected chi connectivity index (χ1v) is 15.7. The number of hydrogen-bond donors (Lipinski definition) is 0. The number of nitrogens with zero attached hydrogens (tertiary/aromatic N) is 2. The van der Waals surface area contributed by atoms with Crippen LogP contribution in [0, 0.1) is 0 Å². The Kier molecular flexibility index (Phi) is 5.53. The van der Waals surface area contributed by atoms with Crippen molar-refractivity contribution in [1.29, 1.82) is 0 Å². The number of aromatic nitrogens is 1. The Balaban J connectivity index is 1.21. The maximum absolute atomic E-state index is 2.45. The van der Waals surface area contributed by atoms with E-state index in [9.17, 15) is 0 Å². The van der Waals surface area contributed by atoms with Crippen LogP contribution < -0.4 is 4.90 Å². The third-order valence-electron chi connectivity index (χ3n) is 8.84. The van der Waals surface area contributed by atoms with Gasteiger partial charge in [0.05, 0.1) is 5.52 Å². The number of thiophene rings is 1. The van der Waals surface area contributed by atoms with Crippen LogP contribution in [-0.2, 0) is 6.42 Å². The summed E-state index contributed by atoms with van der Waals surface area (Å²) >= 11 is 1.86. The van der Waals surface area contributed by atoms with Gasteiger partial charge in [-0.15, -0.1) is 11.3 Å². The Morgan fingerprint density at radius 2 is 1.30 bits per heavy atom. The Labute approximate surface area is 254 Å². The number of hydrogen-bond acceptors (Lipinski definition) is 2. The second-order valence-electron chi connectivity index (χ2n) is 11.3. The van der Waals surface area contributed by atoms with E-state index in [4.69, 9.17) is 0 Å². The number of benzene rings is 6. The van der Waals surface area contributed by atoms with Crippen molar-refractivity contribution < 1.29 is 0 Å². The lowest BCUT2D eigenvalue weighted by molar-refractivity contribution is 0.968. The van der Waals surface area contributed by atoms with Gasteiger partial charge in [-0.1, -0.05) is 72.8 Å². The molecule has 0 amide bonds. The molecule has 0 bridgehead atoms. The molecule has 8 aromatic rings. The smallest absolute Gasteiger partial charge is 0.0544 e. The molecule has 0 spiro atoms. The van der Waals surface area contributed by atoms with E-state index in [1.54, 1.807) is 0 Å². The summed E-state index contributed by atoms with van der Waals surface area (Å²) in [5, 5.41) is 6.66. The molecule has 0 unspecified atom stereocenters. The van der Waals surface area contributed by atoms with Crippen LogP contribution in [0.25, 0.3) is 53.6 Å². The third-order valence-corrected chi connectivity index (χ3v) is 9.99. The fraction of sp³-hybridized carbons (Fsp3) is 0.0500. The minimum absolute atomic E-state index is 1.07. The van der Waals surface area contributed by atoms with E-state index in [1.807, 2.05) is 11.3 Å². The van der Waals surface area contributed by atoms with Crippen LogP contribution in [0.1, 0.15) is 17.7 Å². The zero-order valence-corrected chi connectivity index (χ0v) is 24.4. The fourth-order valence-electron chi connectivity index (χ4n) is 6.91. The van der Waals surface area contributed by atoms with E-state index in [1.165, 1.54) is 58.8 Å².